The summed E-state index contributed by atoms with van der Waals surface area (Å²) in [5.41, 5.74) is 2.56. The van der Waals surface area contributed by atoms with Gasteiger partial charge in [-0.3, -0.25) is 4.79 Å². The summed E-state index contributed by atoms with van der Waals surface area (Å²) in [7, 11) is 0. The predicted octanol–water partition coefficient (Wildman–Crippen LogP) is 4.19. The van der Waals surface area contributed by atoms with E-state index in [-0.39, 0.29) is 5.78 Å². The van der Waals surface area contributed by atoms with Crippen LogP contribution in [0.25, 0.3) is 11.0 Å². The molecule has 20 heavy (non-hydrogen) atoms. The number of H-pyrrole nitrogens is 1. The van der Waals surface area contributed by atoms with Gasteiger partial charge in [0.2, 0.25) is 0 Å². The van der Waals surface area contributed by atoms with Crippen LogP contribution in [0.5, 0.6) is 0 Å². The quantitative estimate of drug-likeness (QED) is 0.580. The van der Waals surface area contributed by atoms with Crippen molar-refractivity contribution in [3.63, 3.8) is 0 Å². The molecule has 3 aromatic rings. The van der Waals surface area contributed by atoms with Gasteiger partial charge in [-0.15, -0.1) is 0 Å². The van der Waals surface area contributed by atoms with E-state index in [2.05, 4.69) is 9.97 Å². The highest BCUT2D eigenvalue weighted by Gasteiger charge is 2.09. The van der Waals surface area contributed by atoms with Crippen molar-refractivity contribution in [3.05, 3.63) is 59.1 Å². The highest BCUT2D eigenvalue weighted by molar-refractivity contribution is 7.99. The van der Waals surface area contributed by atoms with Crippen molar-refractivity contribution in [2.45, 2.75) is 5.16 Å². The Labute approximate surface area is 125 Å². The molecule has 0 spiro atoms. The fourth-order valence-corrected chi connectivity index (χ4v) is 2.76. The van der Waals surface area contributed by atoms with Gasteiger partial charge < -0.3 is 4.98 Å². The van der Waals surface area contributed by atoms with Crippen LogP contribution >= 0.6 is 23.4 Å². The molecular formula is C15H11ClN2OS. The molecule has 3 rings (SSSR count). The minimum Gasteiger partial charge on any atom is -0.333 e. The third-order valence-electron chi connectivity index (χ3n) is 2.87. The van der Waals surface area contributed by atoms with Crippen LogP contribution in [0.1, 0.15) is 10.4 Å². The van der Waals surface area contributed by atoms with Crippen LogP contribution in [0, 0.1) is 0 Å². The number of hydrogen-bond acceptors (Lipinski definition) is 3. The van der Waals surface area contributed by atoms with Crippen LogP contribution in [0.3, 0.4) is 0 Å². The number of rotatable bonds is 4. The van der Waals surface area contributed by atoms with Crippen LogP contribution in [-0.2, 0) is 0 Å². The second-order valence-corrected chi connectivity index (χ2v) is 5.68. The Morgan fingerprint density at radius 3 is 2.65 bits per heavy atom. The minimum absolute atomic E-state index is 0.0622. The zero-order valence-corrected chi connectivity index (χ0v) is 12.0. The standard InChI is InChI=1S/C15H11ClN2OS/c16-11-7-5-10(6-8-11)14(19)9-20-15-17-12-3-1-2-4-13(12)18-15/h1-8H,9H2,(H,17,18). The highest BCUT2D eigenvalue weighted by Crippen LogP contribution is 2.20. The molecular weight excluding hydrogens is 292 g/mol. The average molecular weight is 303 g/mol. The number of hydrogen-bond donors (Lipinski definition) is 1. The molecule has 0 amide bonds. The summed E-state index contributed by atoms with van der Waals surface area (Å²) < 4.78 is 0. The lowest BCUT2D eigenvalue weighted by molar-refractivity contribution is 0.102. The second-order valence-electron chi connectivity index (χ2n) is 4.28. The van der Waals surface area contributed by atoms with E-state index in [0.717, 1.165) is 16.2 Å². The summed E-state index contributed by atoms with van der Waals surface area (Å²) in [4.78, 5) is 19.7. The Bertz CT molecular complexity index is 719. The number of para-hydroxylation sites is 2. The molecule has 0 aliphatic rings. The predicted molar refractivity (Wildman–Crippen MR) is 82.6 cm³/mol. The number of aromatic amines is 1. The van der Waals surface area contributed by atoms with Crippen LogP contribution in [0.15, 0.2) is 53.7 Å². The van der Waals surface area contributed by atoms with Gasteiger partial charge in [-0.05, 0) is 36.4 Å². The number of halogens is 1. The zero-order valence-electron chi connectivity index (χ0n) is 10.5. The average Bonchev–Trinajstić information content (AvgIpc) is 2.88. The summed E-state index contributed by atoms with van der Waals surface area (Å²) in [6.45, 7) is 0. The van der Waals surface area contributed by atoms with Crippen molar-refractivity contribution in [1.82, 2.24) is 9.97 Å². The van der Waals surface area contributed by atoms with E-state index in [0.29, 0.717) is 16.3 Å². The summed E-state index contributed by atoms with van der Waals surface area (Å²) in [6.07, 6.45) is 0. The normalized spacial score (nSPS) is 10.8. The summed E-state index contributed by atoms with van der Waals surface area (Å²) >= 11 is 7.21. The number of carbonyl (C=O) groups excluding carboxylic acids is 1. The van der Waals surface area contributed by atoms with E-state index in [4.69, 9.17) is 11.6 Å². The number of carbonyl (C=O) groups is 1. The third-order valence-corrected chi connectivity index (χ3v) is 4.00. The number of nitrogens with one attached hydrogen (secondary N) is 1. The number of Topliss-reactive ketones (excluding diaryl/α,β-unsaturated/α-hetero) is 1. The van der Waals surface area contributed by atoms with Crippen molar-refractivity contribution in [3.8, 4) is 0 Å². The van der Waals surface area contributed by atoms with Gasteiger partial charge in [0.15, 0.2) is 10.9 Å². The molecule has 1 aromatic heterocycles. The smallest absolute Gasteiger partial charge is 0.173 e. The number of nitrogens with zero attached hydrogens (tertiary/aromatic N) is 1. The lowest BCUT2D eigenvalue weighted by Gasteiger charge is -1.99. The van der Waals surface area contributed by atoms with Gasteiger partial charge in [0.25, 0.3) is 0 Å². The molecule has 3 nitrogen and oxygen atoms in total. The summed E-state index contributed by atoms with van der Waals surface area (Å²) in [5.74, 6) is 0.411. The fraction of sp³-hybridized carbons (Fsp3) is 0.0667. The van der Waals surface area contributed by atoms with Crippen LogP contribution in [0.2, 0.25) is 5.02 Å². The first-order valence-corrected chi connectivity index (χ1v) is 7.45. The number of thioether (sulfide) groups is 1. The van der Waals surface area contributed by atoms with Gasteiger partial charge in [-0.1, -0.05) is 35.5 Å². The Balaban J connectivity index is 1.69. The highest BCUT2D eigenvalue weighted by atomic mass is 35.5. The van der Waals surface area contributed by atoms with E-state index < -0.39 is 0 Å². The topological polar surface area (TPSA) is 45.8 Å². The van der Waals surface area contributed by atoms with Crippen molar-refractivity contribution in [2.75, 3.05) is 5.75 Å². The molecule has 0 unspecified atom stereocenters. The molecule has 5 heteroatoms. The molecule has 0 atom stereocenters. The number of imidazole rings is 1. The molecule has 0 fully saturated rings. The molecule has 0 radical (unpaired) electrons. The van der Waals surface area contributed by atoms with E-state index in [1.165, 1.54) is 11.8 Å². The van der Waals surface area contributed by atoms with E-state index in [1.54, 1.807) is 24.3 Å². The molecule has 0 aliphatic heterocycles. The van der Waals surface area contributed by atoms with E-state index in [9.17, 15) is 4.79 Å². The molecule has 0 saturated heterocycles. The Hall–Kier alpha value is -1.78. The van der Waals surface area contributed by atoms with E-state index in [1.807, 2.05) is 24.3 Å². The van der Waals surface area contributed by atoms with E-state index >= 15 is 0 Å². The lowest BCUT2D eigenvalue weighted by atomic mass is 10.1. The van der Waals surface area contributed by atoms with Crippen molar-refractivity contribution < 1.29 is 4.79 Å². The maximum absolute atomic E-state index is 12.0. The molecule has 100 valence electrons. The van der Waals surface area contributed by atoms with Crippen LogP contribution in [-0.4, -0.2) is 21.5 Å². The monoisotopic (exact) mass is 302 g/mol. The third kappa shape index (κ3) is 2.86. The molecule has 1 N–H and O–H groups in total. The first-order valence-electron chi connectivity index (χ1n) is 6.09. The lowest BCUT2D eigenvalue weighted by Crippen LogP contribution is -2.02. The number of fused-ring (bicyclic) bond motifs is 1. The molecule has 0 bridgehead atoms. The Morgan fingerprint density at radius 2 is 1.90 bits per heavy atom. The van der Waals surface area contributed by atoms with Gasteiger partial charge in [0.1, 0.15) is 0 Å². The summed E-state index contributed by atoms with van der Waals surface area (Å²) in [5, 5.41) is 1.39. The second kappa shape index (κ2) is 5.69. The zero-order chi connectivity index (χ0) is 13.9. The molecule has 2 aromatic carbocycles. The van der Waals surface area contributed by atoms with Crippen molar-refractivity contribution >= 4 is 40.2 Å². The van der Waals surface area contributed by atoms with Gasteiger partial charge >= 0.3 is 0 Å². The first kappa shape index (κ1) is 13.2. The SMILES string of the molecule is O=C(CSc1nc2ccccc2[nH]1)c1ccc(Cl)cc1. The maximum Gasteiger partial charge on any atom is 0.173 e. The Morgan fingerprint density at radius 1 is 1.15 bits per heavy atom. The Kier molecular flexibility index (Phi) is 3.76. The van der Waals surface area contributed by atoms with Crippen LogP contribution < -0.4 is 0 Å². The van der Waals surface area contributed by atoms with Crippen molar-refractivity contribution in [2.24, 2.45) is 0 Å². The molecule has 1 heterocycles. The summed E-state index contributed by atoms with van der Waals surface area (Å²) in [6, 6.07) is 14.7. The number of aromatic nitrogens is 2. The first-order chi connectivity index (χ1) is 9.72. The minimum atomic E-state index is 0.0622. The number of benzene rings is 2. The van der Waals surface area contributed by atoms with Gasteiger partial charge in [0.05, 0.1) is 16.8 Å². The molecule has 0 saturated carbocycles. The maximum atomic E-state index is 12.0. The fourth-order valence-electron chi connectivity index (χ4n) is 1.85. The largest absolute Gasteiger partial charge is 0.333 e. The molecule has 0 aliphatic carbocycles. The van der Waals surface area contributed by atoms with Crippen LogP contribution in [0.4, 0.5) is 0 Å². The van der Waals surface area contributed by atoms with Gasteiger partial charge in [-0.25, -0.2) is 4.98 Å². The van der Waals surface area contributed by atoms with Gasteiger partial charge in [0, 0.05) is 10.6 Å². The number of ketones is 1. The van der Waals surface area contributed by atoms with Crippen molar-refractivity contribution in [1.29, 1.82) is 0 Å². The van der Waals surface area contributed by atoms with Gasteiger partial charge in [-0.2, -0.15) is 0 Å².